The van der Waals surface area contributed by atoms with Crippen molar-refractivity contribution in [3.8, 4) is 0 Å². The molecule has 0 aliphatic heterocycles. The van der Waals surface area contributed by atoms with E-state index in [1.165, 1.54) is 31.2 Å². The first-order valence-corrected chi connectivity index (χ1v) is 7.27. The summed E-state index contributed by atoms with van der Waals surface area (Å²) in [5.74, 6) is 0. The van der Waals surface area contributed by atoms with Gasteiger partial charge in [-0.15, -0.1) is 0 Å². The van der Waals surface area contributed by atoms with E-state index >= 15 is 0 Å². The van der Waals surface area contributed by atoms with Crippen LogP contribution in [0.15, 0.2) is 29.2 Å². The number of halogens is 3. The fourth-order valence-electron chi connectivity index (χ4n) is 1.47. The Kier molecular flexibility index (Phi) is 5.18. The van der Waals surface area contributed by atoms with Gasteiger partial charge in [0.2, 0.25) is 10.0 Å². The van der Waals surface area contributed by atoms with Gasteiger partial charge in [0.1, 0.15) is 6.54 Å². The lowest BCUT2D eigenvalue weighted by atomic mass is 10.1. The topological polar surface area (TPSA) is 101 Å². The van der Waals surface area contributed by atoms with Gasteiger partial charge < -0.3 is 10.6 Å². The molecule has 21 heavy (non-hydrogen) atoms. The number of carbonyl (C=O) groups is 1. The second kappa shape index (κ2) is 6.31. The minimum absolute atomic E-state index is 0.149. The molecule has 4 N–H and O–H groups in total. The van der Waals surface area contributed by atoms with Gasteiger partial charge in [-0.25, -0.2) is 18.4 Å². The number of alkyl halides is 3. The van der Waals surface area contributed by atoms with E-state index in [-0.39, 0.29) is 4.90 Å². The largest absolute Gasteiger partial charge is 0.405 e. The molecule has 1 unspecified atom stereocenters. The van der Waals surface area contributed by atoms with Crippen molar-refractivity contribution in [2.45, 2.75) is 24.0 Å². The van der Waals surface area contributed by atoms with E-state index < -0.39 is 34.8 Å². The minimum Gasteiger partial charge on any atom is -0.332 e. The molecule has 0 fully saturated rings. The summed E-state index contributed by atoms with van der Waals surface area (Å²) in [6, 6.07) is 3.74. The molecule has 1 atom stereocenters. The maximum absolute atomic E-state index is 11.9. The summed E-state index contributed by atoms with van der Waals surface area (Å²) in [4.78, 5) is 11.1. The Bertz CT molecular complexity index is 617. The molecule has 0 saturated carbocycles. The summed E-state index contributed by atoms with van der Waals surface area (Å²) >= 11 is 0. The van der Waals surface area contributed by atoms with Crippen LogP contribution in [-0.4, -0.2) is 27.2 Å². The van der Waals surface area contributed by atoms with Crippen LogP contribution in [0.2, 0.25) is 0 Å². The highest BCUT2D eigenvalue weighted by Gasteiger charge is 2.27. The van der Waals surface area contributed by atoms with Crippen molar-refractivity contribution < 1.29 is 26.4 Å². The summed E-state index contributed by atoms with van der Waals surface area (Å²) in [6.45, 7) is 0.0399. The Labute approximate surface area is 119 Å². The first kappa shape index (κ1) is 17.2. The van der Waals surface area contributed by atoms with Crippen LogP contribution in [0, 0.1) is 0 Å². The van der Waals surface area contributed by atoms with E-state index in [9.17, 15) is 26.4 Å². The predicted octanol–water partition coefficient (Wildman–Crippen LogP) is 1.26. The molecular weight excluding hydrogens is 311 g/mol. The molecule has 0 radical (unpaired) electrons. The van der Waals surface area contributed by atoms with Gasteiger partial charge in [0.15, 0.2) is 0 Å². The third kappa shape index (κ3) is 6.00. The van der Waals surface area contributed by atoms with Crippen molar-refractivity contribution in [3.05, 3.63) is 29.8 Å². The molecule has 2 amide bonds. The predicted molar refractivity (Wildman–Crippen MR) is 68.8 cm³/mol. The van der Waals surface area contributed by atoms with E-state index in [1.807, 2.05) is 0 Å². The van der Waals surface area contributed by atoms with Crippen LogP contribution in [-0.2, 0) is 10.0 Å². The average molecular weight is 325 g/mol. The van der Waals surface area contributed by atoms with Gasteiger partial charge >= 0.3 is 12.2 Å². The molecule has 0 saturated heterocycles. The van der Waals surface area contributed by atoms with Crippen LogP contribution in [0.4, 0.5) is 18.0 Å². The van der Waals surface area contributed by atoms with E-state index in [2.05, 4.69) is 5.32 Å². The number of carbonyl (C=O) groups excluding carboxylic acids is 1. The van der Waals surface area contributed by atoms with E-state index in [0.717, 1.165) is 0 Å². The van der Waals surface area contributed by atoms with E-state index in [1.54, 1.807) is 5.32 Å². The zero-order chi connectivity index (χ0) is 16.3. The summed E-state index contributed by atoms with van der Waals surface area (Å²) in [6.07, 6.45) is -4.51. The van der Waals surface area contributed by atoms with Crippen LogP contribution in [0.1, 0.15) is 18.5 Å². The summed E-state index contributed by atoms with van der Waals surface area (Å²) in [7, 11) is -3.89. The number of nitrogens with one attached hydrogen (secondary N) is 2. The second-order valence-corrected chi connectivity index (χ2v) is 5.84. The summed E-state index contributed by atoms with van der Waals surface area (Å²) < 4.78 is 58.2. The maximum atomic E-state index is 11.9. The number of amides is 2. The average Bonchev–Trinajstić information content (AvgIpc) is 2.34. The normalized spacial score (nSPS) is 13.6. The molecule has 1 rings (SSSR count). The zero-order valence-electron chi connectivity index (χ0n) is 10.9. The van der Waals surface area contributed by atoms with Crippen LogP contribution >= 0.6 is 0 Å². The van der Waals surface area contributed by atoms with Gasteiger partial charge in [-0.3, -0.25) is 0 Å². The third-order valence-corrected chi connectivity index (χ3v) is 3.39. The monoisotopic (exact) mass is 325 g/mol. The molecule has 1 aromatic carbocycles. The molecule has 118 valence electrons. The Hall–Kier alpha value is -1.81. The number of hydrogen-bond donors (Lipinski definition) is 3. The van der Waals surface area contributed by atoms with Crippen LogP contribution in [0.25, 0.3) is 0 Å². The molecule has 10 heteroatoms. The van der Waals surface area contributed by atoms with Crippen molar-refractivity contribution >= 4 is 16.1 Å². The van der Waals surface area contributed by atoms with Crippen molar-refractivity contribution in [2.75, 3.05) is 6.54 Å². The Morgan fingerprint density at radius 1 is 1.38 bits per heavy atom. The van der Waals surface area contributed by atoms with Gasteiger partial charge in [-0.2, -0.15) is 13.2 Å². The lowest BCUT2D eigenvalue weighted by Crippen LogP contribution is -2.41. The Balaban J connectivity index is 2.72. The summed E-state index contributed by atoms with van der Waals surface area (Å²) in [5, 5.41) is 8.88. The smallest absolute Gasteiger partial charge is 0.332 e. The van der Waals surface area contributed by atoms with Crippen LogP contribution in [0.5, 0.6) is 0 Å². The fourth-order valence-corrected chi connectivity index (χ4v) is 2.04. The van der Waals surface area contributed by atoms with Crippen LogP contribution in [0.3, 0.4) is 0 Å². The van der Waals surface area contributed by atoms with Gasteiger partial charge in [-0.1, -0.05) is 12.1 Å². The van der Waals surface area contributed by atoms with Crippen LogP contribution < -0.4 is 15.8 Å². The zero-order valence-corrected chi connectivity index (χ0v) is 11.8. The van der Waals surface area contributed by atoms with Crippen molar-refractivity contribution in [1.82, 2.24) is 10.6 Å². The van der Waals surface area contributed by atoms with E-state index in [0.29, 0.717) is 5.56 Å². The molecule has 0 aromatic heterocycles. The lowest BCUT2D eigenvalue weighted by molar-refractivity contribution is -0.122. The molecule has 0 bridgehead atoms. The van der Waals surface area contributed by atoms with Gasteiger partial charge in [0, 0.05) is 0 Å². The summed E-state index contributed by atoms with van der Waals surface area (Å²) in [5.41, 5.74) is 0.392. The molecular formula is C11H14F3N3O3S. The van der Waals surface area contributed by atoms with Gasteiger partial charge in [0.05, 0.1) is 10.9 Å². The number of urea groups is 1. The van der Waals surface area contributed by atoms with E-state index in [4.69, 9.17) is 5.14 Å². The van der Waals surface area contributed by atoms with Crippen molar-refractivity contribution in [1.29, 1.82) is 0 Å². The lowest BCUT2D eigenvalue weighted by Gasteiger charge is -2.16. The molecule has 1 aromatic rings. The first-order valence-electron chi connectivity index (χ1n) is 5.73. The highest BCUT2D eigenvalue weighted by Crippen LogP contribution is 2.17. The highest BCUT2D eigenvalue weighted by molar-refractivity contribution is 7.89. The molecule has 6 nitrogen and oxygen atoms in total. The fraction of sp³-hybridized carbons (Fsp3) is 0.364. The SMILES string of the molecule is CC(NC(=O)NCC(F)(F)F)c1cccc(S(N)(=O)=O)c1. The Morgan fingerprint density at radius 2 is 2.00 bits per heavy atom. The number of primary sulfonamides is 1. The minimum atomic E-state index is -4.51. The highest BCUT2D eigenvalue weighted by atomic mass is 32.2. The van der Waals surface area contributed by atoms with Crippen molar-refractivity contribution in [2.24, 2.45) is 5.14 Å². The molecule has 0 heterocycles. The maximum Gasteiger partial charge on any atom is 0.405 e. The van der Waals surface area contributed by atoms with Gasteiger partial charge in [0.25, 0.3) is 0 Å². The standard InChI is InChI=1S/C11H14F3N3O3S/c1-7(17-10(18)16-6-11(12,13)14)8-3-2-4-9(5-8)21(15,19)20/h2-5,7H,6H2,1H3,(H2,15,19,20)(H2,16,17,18). The van der Waals surface area contributed by atoms with Crippen molar-refractivity contribution in [3.63, 3.8) is 0 Å². The molecule has 0 aliphatic carbocycles. The second-order valence-electron chi connectivity index (χ2n) is 4.28. The third-order valence-electron chi connectivity index (χ3n) is 2.48. The molecule has 0 spiro atoms. The quantitative estimate of drug-likeness (QED) is 0.776. The number of hydrogen-bond acceptors (Lipinski definition) is 3. The number of rotatable bonds is 4. The molecule has 0 aliphatic rings. The van der Waals surface area contributed by atoms with Gasteiger partial charge in [-0.05, 0) is 24.6 Å². The number of nitrogens with two attached hydrogens (primary N) is 1. The first-order chi connectivity index (χ1) is 9.49. The Morgan fingerprint density at radius 3 is 2.52 bits per heavy atom. The number of benzene rings is 1. The number of sulfonamides is 1.